The number of nitrogens with zero attached hydrogens (tertiary/aromatic N) is 2. The predicted molar refractivity (Wildman–Crippen MR) is 168 cm³/mol. The number of benzene rings is 1. The Labute approximate surface area is 261 Å². The highest BCUT2D eigenvalue weighted by Crippen LogP contribution is 2.49. The van der Waals surface area contributed by atoms with Crippen LogP contribution in [0.25, 0.3) is 0 Å². The van der Waals surface area contributed by atoms with Crippen molar-refractivity contribution in [2.24, 2.45) is 5.92 Å². The van der Waals surface area contributed by atoms with Gasteiger partial charge in [0.15, 0.2) is 0 Å². The number of anilines is 1. The fraction of sp³-hybridized carbons (Fsp3) is 0.618. The summed E-state index contributed by atoms with van der Waals surface area (Å²) < 4.78 is 24.0. The third-order valence-corrected chi connectivity index (χ3v) is 9.72. The zero-order valence-corrected chi connectivity index (χ0v) is 27.9. The van der Waals surface area contributed by atoms with Crippen molar-refractivity contribution < 1.29 is 33.3 Å². The number of rotatable bonds is 4. The number of carbonyl (C=O) groups excluding carboxylic acids is 3. The molecule has 10 heteroatoms. The number of amides is 2. The maximum Gasteiger partial charge on any atom is 0.409 e. The minimum Gasteiger partial charge on any atom is -0.457 e. The molecule has 44 heavy (non-hydrogen) atoms. The zero-order chi connectivity index (χ0) is 32.6. The number of ether oxygens (including phenoxy) is 4. The summed E-state index contributed by atoms with van der Waals surface area (Å²) in [5.74, 6) is -0.898. The maximum absolute atomic E-state index is 13.9. The first-order valence-electron chi connectivity index (χ1n) is 15.4. The summed E-state index contributed by atoms with van der Waals surface area (Å²) >= 11 is 0. The molecule has 2 fully saturated rings. The van der Waals surface area contributed by atoms with Gasteiger partial charge in [0, 0.05) is 38.6 Å². The van der Waals surface area contributed by atoms with Crippen molar-refractivity contribution >= 4 is 23.7 Å². The van der Waals surface area contributed by atoms with Crippen LogP contribution in [-0.4, -0.2) is 86.8 Å². The molecule has 4 bridgehead atoms. The molecule has 1 unspecified atom stereocenters. The second-order valence-corrected chi connectivity index (χ2v) is 13.2. The van der Waals surface area contributed by atoms with Crippen LogP contribution < -0.4 is 10.2 Å². The molecule has 7 atom stereocenters. The standard InChI is InChI=1S/C34H49N3O7/c1-20-13-11-12-14-34(41-10)19-27(42-32(40)35-34)23(4)30-33(6,44-30)28(43-31(39)24(5)36(7)8)18-29(38)37(9)26-17-25(15-20)16-21(2)22(26)3/h11-13,16-17,23-24,27-28,30H,14-15,18-19H2,1-10H3,(H,35,40)/b12-11+,20-13+/t23-,24+,27+,28+,30?,33+,34-/m1/s1. The lowest BCUT2D eigenvalue weighted by molar-refractivity contribution is -0.158. The highest BCUT2D eigenvalue weighted by molar-refractivity contribution is 5.94. The molecule has 10 nitrogen and oxygen atoms in total. The smallest absolute Gasteiger partial charge is 0.409 e. The number of alkyl carbamates (subject to hydrolysis) is 1. The van der Waals surface area contributed by atoms with Gasteiger partial charge in [0.05, 0.1) is 12.5 Å². The molecule has 0 spiro atoms. The van der Waals surface area contributed by atoms with E-state index in [1.165, 1.54) is 0 Å². The van der Waals surface area contributed by atoms with Gasteiger partial charge in [-0.1, -0.05) is 36.8 Å². The van der Waals surface area contributed by atoms with Crippen molar-refractivity contribution in [1.82, 2.24) is 10.2 Å². The van der Waals surface area contributed by atoms with Gasteiger partial charge in [-0.05, 0) is 77.9 Å². The van der Waals surface area contributed by atoms with Crippen molar-refractivity contribution in [2.45, 2.75) is 103 Å². The quantitative estimate of drug-likeness (QED) is 0.389. The van der Waals surface area contributed by atoms with E-state index in [0.29, 0.717) is 19.3 Å². The Balaban J connectivity index is 1.76. The molecule has 242 valence electrons. The normalized spacial score (nSPS) is 33.8. The summed E-state index contributed by atoms with van der Waals surface area (Å²) in [4.78, 5) is 43.3. The number of allylic oxidation sites excluding steroid dienone is 3. The summed E-state index contributed by atoms with van der Waals surface area (Å²) in [6.45, 7) is 11.7. The Morgan fingerprint density at radius 1 is 1.20 bits per heavy atom. The Hall–Kier alpha value is -3.21. The van der Waals surface area contributed by atoms with Crippen LogP contribution in [-0.2, 0) is 35.0 Å². The Morgan fingerprint density at radius 2 is 1.91 bits per heavy atom. The van der Waals surface area contributed by atoms with Crippen LogP contribution in [0.5, 0.6) is 0 Å². The Morgan fingerprint density at radius 3 is 2.57 bits per heavy atom. The Kier molecular flexibility index (Phi) is 9.97. The molecule has 3 aliphatic heterocycles. The van der Waals surface area contributed by atoms with Gasteiger partial charge in [-0.25, -0.2) is 4.79 Å². The maximum atomic E-state index is 13.9. The van der Waals surface area contributed by atoms with E-state index in [-0.39, 0.29) is 18.2 Å². The molecule has 1 aromatic carbocycles. The lowest BCUT2D eigenvalue weighted by Gasteiger charge is -2.41. The molecule has 0 aromatic heterocycles. The second kappa shape index (κ2) is 13.0. The second-order valence-electron chi connectivity index (χ2n) is 13.2. The summed E-state index contributed by atoms with van der Waals surface area (Å²) in [7, 11) is 6.94. The van der Waals surface area contributed by atoms with Crippen LogP contribution in [0.3, 0.4) is 0 Å². The Bertz CT molecular complexity index is 1340. The van der Waals surface area contributed by atoms with Crippen molar-refractivity contribution in [3.8, 4) is 0 Å². The number of epoxide rings is 1. The molecule has 3 aliphatic rings. The van der Waals surface area contributed by atoms with Crippen LogP contribution in [0.1, 0.15) is 63.6 Å². The van der Waals surface area contributed by atoms with Gasteiger partial charge >= 0.3 is 12.1 Å². The minimum atomic E-state index is -0.957. The zero-order valence-electron chi connectivity index (χ0n) is 27.9. The summed E-state index contributed by atoms with van der Waals surface area (Å²) in [6, 6.07) is 3.69. The van der Waals surface area contributed by atoms with E-state index in [0.717, 1.165) is 28.0 Å². The van der Waals surface area contributed by atoms with Gasteiger partial charge < -0.3 is 23.8 Å². The summed E-state index contributed by atoms with van der Waals surface area (Å²) in [5, 5.41) is 2.87. The number of likely N-dealkylation sites (N-methyl/N-ethyl adjacent to an activating group) is 1. The molecule has 0 aliphatic carbocycles. The van der Waals surface area contributed by atoms with E-state index in [2.05, 4.69) is 30.4 Å². The summed E-state index contributed by atoms with van der Waals surface area (Å²) in [6.07, 6.45) is 5.15. The van der Waals surface area contributed by atoms with E-state index in [9.17, 15) is 14.4 Å². The molecule has 3 heterocycles. The lowest BCUT2D eigenvalue weighted by Crippen LogP contribution is -2.58. The van der Waals surface area contributed by atoms with Gasteiger partial charge in [0.25, 0.3) is 0 Å². The van der Waals surface area contributed by atoms with E-state index < -0.39 is 47.7 Å². The third-order valence-electron chi connectivity index (χ3n) is 9.72. The average molecular weight is 612 g/mol. The topological polar surface area (TPSA) is 110 Å². The number of fused-ring (bicyclic) bond motifs is 5. The average Bonchev–Trinajstić information content (AvgIpc) is 3.66. The molecule has 2 amide bonds. The number of hydrogen-bond donors (Lipinski definition) is 1. The van der Waals surface area contributed by atoms with E-state index in [4.69, 9.17) is 18.9 Å². The molecule has 0 saturated carbocycles. The molecule has 2 saturated heterocycles. The predicted octanol–water partition coefficient (Wildman–Crippen LogP) is 4.60. The van der Waals surface area contributed by atoms with Gasteiger partial charge in [-0.2, -0.15) is 0 Å². The monoisotopic (exact) mass is 611 g/mol. The summed E-state index contributed by atoms with van der Waals surface area (Å²) in [5.41, 5.74) is 3.24. The number of esters is 1. The number of methoxy groups -OCH3 is 1. The van der Waals surface area contributed by atoms with E-state index in [1.807, 2.05) is 39.8 Å². The van der Waals surface area contributed by atoms with Gasteiger partial charge in [-0.3, -0.25) is 19.8 Å². The van der Waals surface area contributed by atoms with Crippen molar-refractivity contribution in [3.05, 3.63) is 52.6 Å². The fourth-order valence-electron chi connectivity index (χ4n) is 6.22. The largest absolute Gasteiger partial charge is 0.457 e. The van der Waals surface area contributed by atoms with Crippen LogP contribution in [0, 0.1) is 19.8 Å². The number of carbonyl (C=O) groups is 3. The first kappa shape index (κ1) is 33.7. The molecule has 4 rings (SSSR count). The lowest BCUT2D eigenvalue weighted by atomic mass is 9.84. The van der Waals surface area contributed by atoms with Crippen LogP contribution in [0.4, 0.5) is 10.5 Å². The molecular formula is C34H49N3O7. The van der Waals surface area contributed by atoms with Crippen LogP contribution in [0.15, 0.2) is 35.9 Å². The molecule has 1 aromatic rings. The third kappa shape index (κ3) is 7.03. The molecule has 1 N–H and O–H groups in total. The SMILES string of the molecule is CO[C@]12C/C=C/C=C(\C)Cc3cc(C)c(C)c(c3)N(C)C(=O)C[C@H](OC(=O)[C@H](C)N(C)C)[C@]3(C)OC3[C@H](C)[C@H](C1)OC(=O)N2. The van der Waals surface area contributed by atoms with Gasteiger partial charge in [0.2, 0.25) is 5.91 Å². The van der Waals surface area contributed by atoms with Crippen LogP contribution >= 0.6 is 0 Å². The first-order valence-corrected chi connectivity index (χ1v) is 15.4. The number of hydrogen-bond acceptors (Lipinski definition) is 8. The van der Waals surface area contributed by atoms with Crippen LogP contribution in [0.2, 0.25) is 0 Å². The molecular weight excluding hydrogens is 562 g/mol. The van der Waals surface area contributed by atoms with Gasteiger partial charge in [-0.15, -0.1) is 0 Å². The van der Waals surface area contributed by atoms with Crippen molar-refractivity contribution in [2.75, 3.05) is 33.2 Å². The highest BCUT2D eigenvalue weighted by atomic mass is 16.7. The number of nitrogens with one attached hydrogen (secondary N) is 1. The van der Waals surface area contributed by atoms with E-state index >= 15 is 0 Å². The van der Waals surface area contributed by atoms with Gasteiger partial charge in [0.1, 0.15) is 29.6 Å². The molecule has 0 radical (unpaired) electrons. The highest BCUT2D eigenvalue weighted by Gasteiger charge is 2.64. The van der Waals surface area contributed by atoms with E-state index in [1.54, 1.807) is 45.0 Å². The van der Waals surface area contributed by atoms with Crippen molar-refractivity contribution in [1.29, 1.82) is 0 Å². The minimum absolute atomic E-state index is 0.0678. The first-order chi connectivity index (χ1) is 20.6. The fourth-order valence-corrected chi connectivity index (χ4v) is 6.22. The van der Waals surface area contributed by atoms with Crippen molar-refractivity contribution in [3.63, 3.8) is 0 Å². The number of aryl methyl sites for hydroxylation is 1.